The van der Waals surface area contributed by atoms with Gasteiger partial charge in [-0.05, 0) is 29.8 Å². The van der Waals surface area contributed by atoms with Gasteiger partial charge in [0.25, 0.3) is 0 Å². The van der Waals surface area contributed by atoms with Gasteiger partial charge in [-0.15, -0.1) is 4.31 Å². The van der Waals surface area contributed by atoms with Crippen LogP contribution in [0.2, 0.25) is 51.4 Å². The quantitative estimate of drug-likeness (QED) is 0.283. The fourth-order valence-electron chi connectivity index (χ4n) is 2.18. The third-order valence-electron chi connectivity index (χ3n) is 4.21. The minimum Gasteiger partial charge on any atom is -0.392 e. The molecule has 9 heteroatoms. The van der Waals surface area contributed by atoms with Crippen LogP contribution in [-0.2, 0) is 26.1 Å². The Kier molecular flexibility index (Phi) is 10.0. The highest BCUT2D eigenvalue weighted by atomic mass is 32.2. The Hall–Kier alpha value is -0.556. The van der Waals surface area contributed by atoms with Crippen molar-refractivity contribution in [2.24, 2.45) is 0 Å². The Morgan fingerprint density at radius 1 is 0.857 bits per heavy atom. The van der Waals surface area contributed by atoms with Gasteiger partial charge in [-0.2, -0.15) is 0 Å². The molecule has 0 fully saturated rings. The number of hydrogen-bond acceptors (Lipinski definition) is 5. The molecule has 0 unspecified atom stereocenters. The highest BCUT2D eigenvalue weighted by molar-refractivity contribution is 7.89. The molecule has 0 aromatic heterocycles. The fourth-order valence-corrected chi connectivity index (χ4v) is 4.90. The normalized spacial score (nSPS) is 13.3. The molecule has 162 valence electrons. The molecule has 0 aliphatic carbocycles. The second-order valence-corrected chi connectivity index (χ2v) is 22.6. The molecule has 1 aromatic rings. The van der Waals surface area contributed by atoms with Crippen LogP contribution in [0.5, 0.6) is 0 Å². The fraction of sp³-hybridized carbons (Fsp3) is 0.684. The van der Waals surface area contributed by atoms with E-state index in [4.69, 9.17) is 14.6 Å². The van der Waals surface area contributed by atoms with Crippen LogP contribution in [-0.4, -0.2) is 60.7 Å². The summed E-state index contributed by atoms with van der Waals surface area (Å²) >= 11 is 0. The first kappa shape index (κ1) is 25.5. The van der Waals surface area contributed by atoms with Crippen LogP contribution in [0.1, 0.15) is 5.56 Å². The van der Waals surface area contributed by atoms with Crippen LogP contribution < -0.4 is 0 Å². The van der Waals surface area contributed by atoms with Crippen molar-refractivity contribution in [3.05, 3.63) is 29.8 Å². The Balaban J connectivity index is 2.81. The smallest absolute Gasteiger partial charge is 0.246 e. The van der Waals surface area contributed by atoms with Crippen LogP contribution in [0.4, 0.5) is 0 Å². The Morgan fingerprint density at radius 3 is 1.64 bits per heavy atom. The molecule has 0 saturated heterocycles. The van der Waals surface area contributed by atoms with E-state index < -0.39 is 26.2 Å². The van der Waals surface area contributed by atoms with Gasteiger partial charge in [0.2, 0.25) is 10.0 Å². The summed E-state index contributed by atoms with van der Waals surface area (Å²) in [5.74, 6) is 0. The first-order valence-electron chi connectivity index (χ1n) is 9.71. The molecule has 0 heterocycles. The zero-order valence-corrected chi connectivity index (χ0v) is 21.0. The molecule has 0 saturated carbocycles. The average Bonchev–Trinajstić information content (AvgIpc) is 2.58. The number of benzene rings is 1. The molecular weight excluding hydrogens is 410 g/mol. The summed E-state index contributed by atoms with van der Waals surface area (Å²) in [4.78, 5) is 0.173. The van der Waals surface area contributed by atoms with Crippen LogP contribution in [0.3, 0.4) is 0 Å². The predicted molar refractivity (Wildman–Crippen MR) is 119 cm³/mol. The molecule has 0 spiro atoms. The van der Waals surface area contributed by atoms with Crippen molar-refractivity contribution in [1.82, 2.24) is 4.31 Å². The molecule has 0 bridgehead atoms. The van der Waals surface area contributed by atoms with E-state index in [-0.39, 0.29) is 25.0 Å². The number of hydrogen-bond donors (Lipinski definition) is 1. The molecule has 0 aliphatic rings. The number of rotatable bonds is 13. The molecule has 1 aromatic carbocycles. The largest absolute Gasteiger partial charge is 0.392 e. The maximum atomic E-state index is 13.0. The molecule has 0 aliphatic heterocycles. The van der Waals surface area contributed by atoms with Crippen molar-refractivity contribution in [3.63, 3.8) is 0 Å². The molecule has 6 nitrogen and oxygen atoms in total. The van der Waals surface area contributed by atoms with Crippen LogP contribution in [0.15, 0.2) is 29.2 Å². The molecular formula is C19H37NO5SSi2. The van der Waals surface area contributed by atoms with Crippen molar-refractivity contribution in [2.45, 2.75) is 62.9 Å². The third-order valence-corrected chi connectivity index (χ3v) is 9.37. The van der Waals surface area contributed by atoms with Gasteiger partial charge in [0.05, 0.1) is 11.5 Å². The van der Waals surface area contributed by atoms with Gasteiger partial charge in [-0.3, -0.25) is 0 Å². The lowest BCUT2D eigenvalue weighted by atomic mass is 10.2. The van der Waals surface area contributed by atoms with Crippen LogP contribution in [0, 0.1) is 0 Å². The number of aliphatic hydroxyl groups is 1. The summed E-state index contributed by atoms with van der Waals surface area (Å²) < 4.78 is 38.7. The van der Waals surface area contributed by atoms with Crippen molar-refractivity contribution >= 4 is 26.2 Å². The highest BCUT2D eigenvalue weighted by Gasteiger charge is 2.25. The SMILES string of the molecule is C[Si](C)(C)CCOCN(COCC[Si](C)(C)C)S(=O)(=O)c1ccc(CO)cc1. The molecule has 0 atom stereocenters. The van der Waals surface area contributed by atoms with Gasteiger partial charge >= 0.3 is 0 Å². The Morgan fingerprint density at radius 2 is 1.29 bits per heavy atom. The lowest BCUT2D eigenvalue weighted by Gasteiger charge is -2.24. The zero-order valence-electron chi connectivity index (χ0n) is 18.2. The van der Waals surface area contributed by atoms with E-state index >= 15 is 0 Å². The van der Waals surface area contributed by atoms with E-state index in [2.05, 4.69) is 39.3 Å². The van der Waals surface area contributed by atoms with E-state index in [9.17, 15) is 8.42 Å². The lowest BCUT2D eigenvalue weighted by molar-refractivity contribution is 0.00815. The first-order valence-corrected chi connectivity index (χ1v) is 18.6. The van der Waals surface area contributed by atoms with Gasteiger partial charge < -0.3 is 14.6 Å². The Bertz CT molecular complexity index is 660. The molecule has 0 radical (unpaired) electrons. The second kappa shape index (κ2) is 11.0. The summed E-state index contributed by atoms with van der Waals surface area (Å²) in [7, 11) is -6.22. The standard InChI is InChI=1S/C19H37NO5SSi2/c1-27(2,3)13-11-24-16-20(17-25-12-14-28(4,5)6)26(22,23)19-9-7-18(15-21)8-10-19/h7-10,21H,11-17H2,1-6H3. The van der Waals surface area contributed by atoms with E-state index in [1.807, 2.05) is 0 Å². The molecule has 1 rings (SSSR count). The van der Waals surface area contributed by atoms with Crippen molar-refractivity contribution in [3.8, 4) is 0 Å². The van der Waals surface area contributed by atoms with Crippen molar-refractivity contribution < 1.29 is 23.0 Å². The second-order valence-electron chi connectivity index (χ2n) is 9.45. The van der Waals surface area contributed by atoms with E-state index in [1.165, 1.54) is 16.4 Å². The van der Waals surface area contributed by atoms with Crippen molar-refractivity contribution in [1.29, 1.82) is 0 Å². The lowest BCUT2D eigenvalue weighted by Crippen LogP contribution is -2.36. The minimum atomic E-state index is -3.73. The van der Waals surface area contributed by atoms with Gasteiger partial charge in [-0.25, -0.2) is 8.42 Å². The number of sulfonamides is 1. The van der Waals surface area contributed by atoms with E-state index in [0.717, 1.165) is 12.1 Å². The third kappa shape index (κ3) is 9.77. The van der Waals surface area contributed by atoms with E-state index in [1.54, 1.807) is 12.1 Å². The van der Waals surface area contributed by atoms with Crippen LogP contribution >= 0.6 is 0 Å². The number of ether oxygens (including phenoxy) is 2. The maximum absolute atomic E-state index is 13.0. The van der Waals surface area contributed by atoms with Gasteiger partial charge in [0.1, 0.15) is 13.5 Å². The number of aliphatic hydroxyl groups excluding tert-OH is 1. The van der Waals surface area contributed by atoms with Crippen molar-refractivity contribution in [2.75, 3.05) is 26.7 Å². The monoisotopic (exact) mass is 447 g/mol. The molecule has 28 heavy (non-hydrogen) atoms. The summed E-state index contributed by atoms with van der Waals surface area (Å²) in [5, 5.41) is 9.17. The zero-order chi connectivity index (χ0) is 21.4. The molecule has 1 N–H and O–H groups in total. The summed E-state index contributed by atoms with van der Waals surface area (Å²) in [6.45, 7) is 14.5. The maximum Gasteiger partial charge on any atom is 0.246 e. The van der Waals surface area contributed by atoms with Gasteiger partial charge in [0, 0.05) is 29.4 Å². The van der Waals surface area contributed by atoms with Gasteiger partial charge in [-0.1, -0.05) is 51.4 Å². The predicted octanol–water partition coefficient (Wildman–Crippen LogP) is 3.79. The summed E-state index contributed by atoms with van der Waals surface area (Å²) in [5.41, 5.74) is 0.670. The average molecular weight is 448 g/mol. The number of nitrogens with zero attached hydrogens (tertiary/aromatic N) is 1. The highest BCUT2D eigenvalue weighted by Crippen LogP contribution is 2.18. The topological polar surface area (TPSA) is 76.1 Å². The van der Waals surface area contributed by atoms with Crippen LogP contribution in [0.25, 0.3) is 0 Å². The van der Waals surface area contributed by atoms with Gasteiger partial charge in [0.15, 0.2) is 0 Å². The summed E-state index contributed by atoms with van der Waals surface area (Å²) in [6, 6.07) is 8.20. The Labute approximate surface area is 172 Å². The molecule has 0 amide bonds. The first-order chi connectivity index (χ1) is 12.8. The summed E-state index contributed by atoms with van der Waals surface area (Å²) in [6.07, 6.45) is 0. The van der Waals surface area contributed by atoms with E-state index in [0.29, 0.717) is 18.8 Å². The minimum absolute atomic E-state index is 0.0263.